The van der Waals surface area contributed by atoms with Crippen molar-refractivity contribution in [1.29, 1.82) is 0 Å². The molecule has 6 nitrogen and oxygen atoms in total. The maximum atomic E-state index is 12.2. The van der Waals surface area contributed by atoms with Crippen molar-refractivity contribution in [3.8, 4) is 11.5 Å². The molecule has 130 valence electrons. The SMILES string of the molecule is CC1=NS(=O)(=O)c2cccnc2N1c1ccc(Oc2ccccc2)cc1. The summed E-state index contributed by atoms with van der Waals surface area (Å²) in [6.07, 6.45) is 1.56. The zero-order valence-corrected chi connectivity index (χ0v) is 14.7. The molecule has 0 spiro atoms. The van der Waals surface area contributed by atoms with E-state index in [1.165, 1.54) is 6.07 Å². The molecule has 0 fully saturated rings. The van der Waals surface area contributed by atoms with E-state index in [-0.39, 0.29) is 4.90 Å². The number of hydrogen-bond donors (Lipinski definition) is 0. The molecule has 0 atom stereocenters. The summed E-state index contributed by atoms with van der Waals surface area (Å²) < 4.78 is 34.1. The van der Waals surface area contributed by atoms with Crippen molar-refractivity contribution in [2.75, 3.05) is 4.90 Å². The third-order valence-electron chi connectivity index (χ3n) is 3.89. The van der Waals surface area contributed by atoms with Crippen LogP contribution in [-0.2, 0) is 10.0 Å². The fourth-order valence-corrected chi connectivity index (χ4v) is 3.92. The third kappa shape index (κ3) is 2.93. The first kappa shape index (κ1) is 16.3. The summed E-state index contributed by atoms with van der Waals surface area (Å²) >= 11 is 0. The van der Waals surface area contributed by atoms with Crippen LogP contribution >= 0.6 is 0 Å². The molecule has 0 radical (unpaired) electrons. The molecule has 26 heavy (non-hydrogen) atoms. The first-order valence-electron chi connectivity index (χ1n) is 7.94. The number of benzene rings is 2. The van der Waals surface area contributed by atoms with Gasteiger partial charge in [0.2, 0.25) is 0 Å². The van der Waals surface area contributed by atoms with Crippen LogP contribution in [0.3, 0.4) is 0 Å². The molecule has 1 aromatic heterocycles. The van der Waals surface area contributed by atoms with Crippen LogP contribution in [0.2, 0.25) is 0 Å². The molecular weight excluding hydrogens is 350 g/mol. The van der Waals surface area contributed by atoms with E-state index in [4.69, 9.17) is 4.74 Å². The topological polar surface area (TPSA) is 71.9 Å². The Hall–Kier alpha value is -3.19. The van der Waals surface area contributed by atoms with Crippen molar-refractivity contribution in [1.82, 2.24) is 4.98 Å². The second kappa shape index (κ2) is 6.27. The number of amidine groups is 1. The Morgan fingerprint density at radius 3 is 2.31 bits per heavy atom. The summed E-state index contributed by atoms with van der Waals surface area (Å²) in [5.41, 5.74) is 0.751. The maximum Gasteiger partial charge on any atom is 0.287 e. The molecule has 2 heterocycles. The smallest absolute Gasteiger partial charge is 0.287 e. The van der Waals surface area contributed by atoms with Crippen LogP contribution in [0, 0.1) is 0 Å². The first-order chi connectivity index (χ1) is 12.5. The monoisotopic (exact) mass is 365 g/mol. The minimum Gasteiger partial charge on any atom is -0.457 e. The molecule has 0 bridgehead atoms. The molecule has 3 aromatic rings. The number of fused-ring (bicyclic) bond motifs is 1. The van der Waals surface area contributed by atoms with Crippen LogP contribution in [0.5, 0.6) is 11.5 Å². The summed E-state index contributed by atoms with van der Waals surface area (Å²) in [5.74, 6) is 2.11. The van der Waals surface area contributed by atoms with Crippen LogP contribution in [0.25, 0.3) is 0 Å². The van der Waals surface area contributed by atoms with E-state index in [2.05, 4.69) is 9.38 Å². The summed E-state index contributed by atoms with van der Waals surface area (Å²) in [4.78, 5) is 6.05. The maximum absolute atomic E-state index is 12.2. The van der Waals surface area contributed by atoms with Gasteiger partial charge in [-0.2, -0.15) is 8.42 Å². The van der Waals surface area contributed by atoms with Crippen LogP contribution in [0.4, 0.5) is 11.5 Å². The molecule has 0 amide bonds. The zero-order valence-electron chi connectivity index (χ0n) is 13.9. The number of anilines is 2. The van der Waals surface area contributed by atoms with Gasteiger partial charge in [-0.1, -0.05) is 18.2 Å². The number of aromatic nitrogens is 1. The van der Waals surface area contributed by atoms with Gasteiger partial charge in [0, 0.05) is 11.9 Å². The van der Waals surface area contributed by atoms with Gasteiger partial charge in [0.05, 0.1) is 0 Å². The molecule has 7 heteroatoms. The predicted octanol–water partition coefficient (Wildman–Crippen LogP) is 4.13. The van der Waals surface area contributed by atoms with Gasteiger partial charge in [0.1, 0.15) is 22.2 Å². The van der Waals surface area contributed by atoms with Crippen LogP contribution < -0.4 is 9.64 Å². The van der Waals surface area contributed by atoms with Gasteiger partial charge in [0.25, 0.3) is 10.0 Å². The molecule has 0 N–H and O–H groups in total. The highest BCUT2D eigenvalue weighted by Gasteiger charge is 2.30. The van der Waals surface area contributed by atoms with Gasteiger partial charge in [-0.15, -0.1) is 4.40 Å². The largest absolute Gasteiger partial charge is 0.457 e. The Morgan fingerprint density at radius 1 is 0.885 bits per heavy atom. The standard InChI is InChI=1S/C19H15N3O3S/c1-14-21-26(23,24)18-8-5-13-20-19(18)22(14)15-9-11-17(12-10-15)25-16-6-3-2-4-7-16/h2-13H,1H3. The predicted molar refractivity (Wildman–Crippen MR) is 99.6 cm³/mol. The van der Waals surface area contributed by atoms with E-state index in [0.29, 0.717) is 17.4 Å². The molecular formula is C19H15N3O3S. The lowest BCUT2D eigenvalue weighted by Gasteiger charge is -2.28. The van der Waals surface area contributed by atoms with E-state index in [1.807, 2.05) is 54.6 Å². The molecule has 0 saturated heterocycles. The second-order valence-corrected chi connectivity index (χ2v) is 7.26. The Bertz CT molecular complexity index is 1080. The molecule has 0 aliphatic carbocycles. The van der Waals surface area contributed by atoms with E-state index < -0.39 is 10.0 Å². The first-order valence-corrected chi connectivity index (χ1v) is 9.38. The van der Waals surface area contributed by atoms with E-state index in [9.17, 15) is 8.42 Å². The average Bonchev–Trinajstić information content (AvgIpc) is 2.63. The lowest BCUT2D eigenvalue weighted by molar-refractivity contribution is 0.483. The van der Waals surface area contributed by atoms with Crippen molar-refractivity contribution >= 4 is 27.4 Å². The van der Waals surface area contributed by atoms with Crippen molar-refractivity contribution in [2.45, 2.75) is 11.8 Å². The number of nitrogens with zero attached hydrogens (tertiary/aromatic N) is 3. The van der Waals surface area contributed by atoms with Gasteiger partial charge < -0.3 is 4.74 Å². The highest BCUT2D eigenvalue weighted by atomic mass is 32.2. The summed E-state index contributed by atoms with van der Waals surface area (Å²) in [6, 6.07) is 19.9. The second-order valence-electron chi connectivity index (χ2n) is 5.68. The van der Waals surface area contributed by atoms with Gasteiger partial charge in [-0.25, -0.2) is 4.98 Å². The van der Waals surface area contributed by atoms with Crippen molar-refractivity contribution in [2.24, 2.45) is 4.40 Å². The van der Waals surface area contributed by atoms with E-state index in [1.54, 1.807) is 24.1 Å². The Morgan fingerprint density at radius 2 is 1.58 bits per heavy atom. The molecule has 1 aliphatic rings. The van der Waals surface area contributed by atoms with Gasteiger partial charge in [0.15, 0.2) is 5.82 Å². The lowest BCUT2D eigenvalue weighted by atomic mass is 10.2. The molecule has 4 rings (SSSR count). The Labute approximate surface area is 151 Å². The van der Waals surface area contributed by atoms with E-state index >= 15 is 0 Å². The Kier molecular flexibility index (Phi) is 3.93. The Balaban J connectivity index is 1.69. The van der Waals surface area contributed by atoms with Crippen molar-refractivity contribution < 1.29 is 13.2 Å². The molecule has 2 aromatic carbocycles. The number of para-hydroxylation sites is 1. The summed E-state index contributed by atoms with van der Waals surface area (Å²) in [7, 11) is -3.72. The molecule has 0 saturated carbocycles. The van der Waals surface area contributed by atoms with Crippen LogP contribution in [-0.4, -0.2) is 19.2 Å². The zero-order chi connectivity index (χ0) is 18.1. The van der Waals surface area contributed by atoms with Crippen molar-refractivity contribution in [3.05, 3.63) is 72.9 Å². The highest BCUT2D eigenvalue weighted by Crippen LogP contribution is 2.35. The van der Waals surface area contributed by atoms with Crippen molar-refractivity contribution in [3.63, 3.8) is 0 Å². The van der Waals surface area contributed by atoms with Gasteiger partial charge >= 0.3 is 0 Å². The third-order valence-corrected chi connectivity index (χ3v) is 5.27. The van der Waals surface area contributed by atoms with Gasteiger partial charge in [-0.05, 0) is 55.5 Å². The van der Waals surface area contributed by atoms with Crippen LogP contribution in [0.1, 0.15) is 6.92 Å². The number of sulfonamides is 1. The minimum absolute atomic E-state index is 0.0928. The quantitative estimate of drug-likeness (QED) is 0.698. The van der Waals surface area contributed by atoms with Crippen LogP contribution in [0.15, 0.2) is 82.2 Å². The fourth-order valence-electron chi connectivity index (χ4n) is 2.77. The highest BCUT2D eigenvalue weighted by molar-refractivity contribution is 7.90. The summed E-state index contributed by atoms with van der Waals surface area (Å²) in [5, 5.41) is 0. The lowest BCUT2D eigenvalue weighted by Crippen LogP contribution is -2.30. The minimum atomic E-state index is -3.72. The number of hydrogen-bond acceptors (Lipinski definition) is 5. The average molecular weight is 365 g/mol. The molecule has 0 unspecified atom stereocenters. The number of rotatable bonds is 3. The van der Waals surface area contributed by atoms with Gasteiger partial charge in [-0.3, -0.25) is 4.90 Å². The fraction of sp³-hybridized carbons (Fsp3) is 0.0526. The number of pyridine rings is 1. The molecule has 1 aliphatic heterocycles. The normalized spacial score (nSPS) is 15.1. The summed E-state index contributed by atoms with van der Waals surface area (Å²) in [6.45, 7) is 1.64. The number of ether oxygens (including phenoxy) is 1. The van der Waals surface area contributed by atoms with E-state index in [0.717, 1.165) is 11.4 Å².